The molecule has 0 aliphatic carbocycles. The van der Waals surface area contributed by atoms with Crippen molar-refractivity contribution in [1.82, 2.24) is 5.32 Å². The quantitative estimate of drug-likeness (QED) is 0.875. The van der Waals surface area contributed by atoms with Crippen LogP contribution in [-0.4, -0.2) is 26.1 Å². The maximum atomic E-state index is 12.3. The van der Waals surface area contributed by atoms with Gasteiger partial charge < -0.3 is 5.32 Å². The normalized spacial score (nSPS) is 13.7. The zero-order valence-electron chi connectivity index (χ0n) is 14.1. The average Bonchev–Trinajstić information content (AvgIpc) is 2.43. The fourth-order valence-corrected chi connectivity index (χ4v) is 3.33. The van der Waals surface area contributed by atoms with E-state index in [0.29, 0.717) is 12.1 Å². The van der Waals surface area contributed by atoms with E-state index in [1.807, 2.05) is 31.2 Å². The van der Waals surface area contributed by atoms with Crippen LogP contribution < -0.4 is 5.32 Å². The Labute approximate surface area is 134 Å². The minimum Gasteiger partial charge on any atom is -0.355 e. The lowest BCUT2D eigenvalue weighted by molar-refractivity contribution is -0.120. The summed E-state index contributed by atoms with van der Waals surface area (Å²) in [5.41, 5.74) is 1.90. The molecule has 1 aromatic carbocycles. The molecule has 4 nitrogen and oxygen atoms in total. The molecule has 1 amide bonds. The van der Waals surface area contributed by atoms with E-state index in [-0.39, 0.29) is 11.2 Å². The van der Waals surface area contributed by atoms with Crippen molar-refractivity contribution in [2.75, 3.05) is 6.54 Å². The molecule has 0 aliphatic heterocycles. The van der Waals surface area contributed by atoms with Crippen LogP contribution in [0.3, 0.4) is 0 Å². The lowest BCUT2D eigenvalue weighted by atomic mass is 9.87. The molecule has 0 fully saturated rings. The van der Waals surface area contributed by atoms with Gasteiger partial charge in [0, 0.05) is 6.54 Å². The molecule has 0 radical (unpaired) electrons. The van der Waals surface area contributed by atoms with Crippen LogP contribution in [0.25, 0.3) is 0 Å². The number of sulfone groups is 1. The molecule has 124 valence electrons. The Morgan fingerprint density at radius 1 is 1.18 bits per heavy atom. The van der Waals surface area contributed by atoms with Crippen LogP contribution in [0.5, 0.6) is 0 Å². The van der Waals surface area contributed by atoms with Crippen molar-refractivity contribution >= 4 is 15.7 Å². The number of rotatable bonds is 6. The smallest absolute Gasteiger partial charge is 0.238 e. The van der Waals surface area contributed by atoms with Crippen LogP contribution in [0, 0.1) is 0 Å². The molecule has 0 spiro atoms. The lowest BCUT2D eigenvalue weighted by Gasteiger charge is -2.19. The fourth-order valence-electron chi connectivity index (χ4n) is 2.01. The molecule has 0 saturated carbocycles. The highest BCUT2D eigenvalue weighted by molar-refractivity contribution is 7.92. The van der Waals surface area contributed by atoms with Gasteiger partial charge >= 0.3 is 0 Å². The Kier molecular flexibility index (Phi) is 6.17. The summed E-state index contributed by atoms with van der Waals surface area (Å²) in [5.74, 6) is -0.536. The second-order valence-corrected chi connectivity index (χ2v) is 9.01. The molecule has 0 aromatic heterocycles. The Bertz CT molecular complexity index is 598. The van der Waals surface area contributed by atoms with Crippen molar-refractivity contribution in [1.29, 1.82) is 0 Å². The first-order valence-electron chi connectivity index (χ1n) is 7.66. The number of carbonyl (C=O) groups excluding carboxylic acids is 1. The predicted molar refractivity (Wildman–Crippen MR) is 90.5 cm³/mol. The molecule has 1 unspecified atom stereocenters. The van der Waals surface area contributed by atoms with E-state index in [1.165, 1.54) is 6.92 Å². The molecule has 5 heteroatoms. The Morgan fingerprint density at radius 3 is 2.18 bits per heavy atom. The van der Waals surface area contributed by atoms with Crippen LogP contribution in [0.2, 0.25) is 0 Å². The first-order valence-corrected chi connectivity index (χ1v) is 9.38. The van der Waals surface area contributed by atoms with Gasteiger partial charge in [0.2, 0.25) is 5.91 Å². The maximum absolute atomic E-state index is 12.3. The van der Waals surface area contributed by atoms with E-state index >= 15 is 0 Å². The van der Waals surface area contributed by atoms with Gasteiger partial charge in [0.1, 0.15) is 5.25 Å². The number of benzene rings is 1. The highest BCUT2D eigenvalue weighted by atomic mass is 32.2. The Morgan fingerprint density at radius 2 is 1.73 bits per heavy atom. The number of carbonyl (C=O) groups is 1. The van der Waals surface area contributed by atoms with E-state index in [2.05, 4.69) is 26.1 Å². The lowest BCUT2D eigenvalue weighted by Crippen LogP contribution is -2.38. The molecule has 0 bridgehead atoms. The molecule has 1 rings (SSSR count). The van der Waals surface area contributed by atoms with Crippen molar-refractivity contribution < 1.29 is 13.2 Å². The number of hydrogen-bond donors (Lipinski definition) is 1. The third-order valence-electron chi connectivity index (χ3n) is 3.64. The second kappa shape index (κ2) is 7.27. The zero-order valence-corrected chi connectivity index (χ0v) is 15.0. The number of hydrogen-bond acceptors (Lipinski definition) is 3. The third kappa shape index (κ3) is 5.13. The van der Waals surface area contributed by atoms with E-state index in [1.54, 1.807) is 0 Å². The highest BCUT2D eigenvalue weighted by Gasteiger charge is 2.27. The average molecular weight is 325 g/mol. The van der Waals surface area contributed by atoms with Gasteiger partial charge in [-0.1, -0.05) is 52.0 Å². The largest absolute Gasteiger partial charge is 0.355 e. The summed E-state index contributed by atoms with van der Waals surface area (Å²) < 4.78 is 24.7. The molecule has 0 heterocycles. The van der Waals surface area contributed by atoms with E-state index < -0.39 is 21.0 Å². The van der Waals surface area contributed by atoms with Gasteiger partial charge in [0.25, 0.3) is 0 Å². The second-order valence-electron chi connectivity index (χ2n) is 6.69. The van der Waals surface area contributed by atoms with Crippen LogP contribution in [-0.2, 0) is 25.8 Å². The topological polar surface area (TPSA) is 63.2 Å². The van der Waals surface area contributed by atoms with Crippen molar-refractivity contribution in [2.45, 2.75) is 57.5 Å². The minimum atomic E-state index is -3.50. The van der Waals surface area contributed by atoms with Gasteiger partial charge in [-0.3, -0.25) is 4.79 Å². The van der Waals surface area contributed by atoms with E-state index in [4.69, 9.17) is 0 Å². The minimum absolute atomic E-state index is 0.0325. The summed E-state index contributed by atoms with van der Waals surface area (Å²) in [6.07, 6.45) is 0.784. The van der Waals surface area contributed by atoms with Gasteiger partial charge in [-0.25, -0.2) is 8.42 Å². The van der Waals surface area contributed by atoms with Crippen molar-refractivity contribution in [3.63, 3.8) is 0 Å². The summed E-state index contributed by atoms with van der Waals surface area (Å²) in [6, 6.07) is 7.56. The molecule has 0 saturated heterocycles. The van der Waals surface area contributed by atoms with Crippen LogP contribution in [0.15, 0.2) is 24.3 Å². The summed E-state index contributed by atoms with van der Waals surface area (Å²) in [5, 5.41) is 1.61. The molecule has 0 aliphatic rings. The summed E-state index contributed by atoms with van der Waals surface area (Å²) in [4.78, 5) is 11.8. The van der Waals surface area contributed by atoms with Crippen LogP contribution in [0.4, 0.5) is 0 Å². The van der Waals surface area contributed by atoms with E-state index in [0.717, 1.165) is 12.0 Å². The first kappa shape index (κ1) is 18.7. The third-order valence-corrected chi connectivity index (χ3v) is 5.67. The van der Waals surface area contributed by atoms with Crippen LogP contribution in [0.1, 0.15) is 52.2 Å². The molecular formula is C17H27NO3S. The van der Waals surface area contributed by atoms with Crippen molar-refractivity contribution in [3.8, 4) is 0 Å². The Balaban J connectivity index is 2.82. The monoisotopic (exact) mass is 325 g/mol. The summed E-state index contributed by atoms with van der Waals surface area (Å²) in [6.45, 7) is 10.2. The molecule has 1 atom stereocenters. The van der Waals surface area contributed by atoms with Crippen molar-refractivity contribution in [2.24, 2.45) is 0 Å². The number of amides is 1. The van der Waals surface area contributed by atoms with Gasteiger partial charge in [0.15, 0.2) is 9.84 Å². The number of nitrogens with one attached hydrogen (secondary N) is 1. The van der Waals surface area contributed by atoms with Gasteiger partial charge in [0.05, 0.1) is 5.75 Å². The van der Waals surface area contributed by atoms with Gasteiger partial charge in [-0.2, -0.15) is 0 Å². The van der Waals surface area contributed by atoms with Gasteiger partial charge in [-0.05, 0) is 29.9 Å². The zero-order chi connectivity index (χ0) is 17.0. The molecular weight excluding hydrogens is 298 g/mol. The fraction of sp³-hybridized carbons (Fsp3) is 0.588. The highest BCUT2D eigenvalue weighted by Crippen LogP contribution is 2.23. The predicted octanol–water partition coefficient (Wildman–Crippen LogP) is 2.81. The SMILES string of the molecule is CCCNC(=O)C(C)S(=O)(=O)Cc1ccc(C(C)(C)C)cc1. The van der Waals surface area contributed by atoms with Gasteiger partial charge in [-0.15, -0.1) is 0 Å². The first-order chi connectivity index (χ1) is 10.1. The summed E-state index contributed by atoms with van der Waals surface area (Å²) in [7, 11) is -3.50. The molecule has 1 N–H and O–H groups in total. The Hall–Kier alpha value is -1.36. The maximum Gasteiger partial charge on any atom is 0.238 e. The van der Waals surface area contributed by atoms with Crippen molar-refractivity contribution in [3.05, 3.63) is 35.4 Å². The van der Waals surface area contributed by atoms with Crippen LogP contribution >= 0.6 is 0 Å². The molecule has 22 heavy (non-hydrogen) atoms. The standard InChI is InChI=1S/C17H27NO3S/c1-6-11-18-16(19)13(2)22(20,21)12-14-7-9-15(10-8-14)17(3,4)5/h7-10,13H,6,11-12H2,1-5H3,(H,18,19). The van der Waals surface area contributed by atoms with E-state index in [9.17, 15) is 13.2 Å². The molecule has 1 aromatic rings. The summed E-state index contributed by atoms with van der Waals surface area (Å²) >= 11 is 0.